The first-order chi connectivity index (χ1) is 14.8. The molecule has 0 bridgehead atoms. The molecule has 1 unspecified atom stereocenters. The van der Waals surface area contributed by atoms with Gasteiger partial charge in [-0.2, -0.15) is 0 Å². The third-order valence-corrected chi connectivity index (χ3v) is 7.54. The van der Waals surface area contributed by atoms with Crippen LogP contribution in [0.5, 0.6) is 0 Å². The van der Waals surface area contributed by atoms with Gasteiger partial charge in [-0.05, 0) is 38.3 Å². The molecule has 5 amide bonds. The minimum Gasteiger partial charge on any atom is -0.342 e. The van der Waals surface area contributed by atoms with E-state index in [4.69, 9.17) is 0 Å². The standard InChI is InChI=1S/C23H33N5O3/c1-4-26-15-12-23(19(26)29)17-28(21(31)25(2)3)16-22(23)10-13-27(14-11-22)20(30)24-18-8-6-5-7-9-18/h5-9H,4,10-17H2,1-3H3,(H,24,30). The number of para-hydroxylation sites is 1. The fourth-order valence-corrected chi connectivity index (χ4v) is 5.76. The first-order valence-electron chi connectivity index (χ1n) is 11.2. The summed E-state index contributed by atoms with van der Waals surface area (Å²) in [6.45, 7) is 5.70. The molecule has 8 nitrogen and oxygen atoms in total. The number of fused-ring (bicyclic) bond motifs is 1. The smallest absolute Gasteiger partial charge is 0.321 e. The fraction of sp³-hybridized carbons (Fsp3) is 0.609. The van der Waals surface area contributed by atoms with Crippen molar-refractivity contribution in [3.8, 4) is 0 Å². The molecule has 31 heavy (non-hydrogen) atoms. The van der Waals surface area contributed by atoms with Crippen molar-refractivity contribution >= 4 is 23.7 Å². The third-order valence-electron chi connectivity index (χ3n) is 7.54. The van der Waals surface area contributed by atoms with Crippen molar-refractivity contribution < 1.29 is 14.4 Å². The quantitative estimate of drug-likeness (QED) is 0.788. The summed E-state index contributed by atoms with van der Waals surface area (Å²) < 4.78 is 0. The number of benzene rings is 1. The minimum absolute atomic E-state index is 0.0387. The van der Waals surface area contributed by atoms with Crippen LogP contribution in [-0.4, -0.2) is 90.9 Å². The second-order valence-corrected chi connectivity index (χ2v) is 9.31. The van der Waals surface area contributed by atoms with Crippen molar-refractivity contribution in [2.45, 2.75) is 26.2 Å². The number of piperidine rings is 1. The molecule has 4 rings (SSSR count). The maximum Gasteiger partial charge on any atom is 0.321 e. The van der Waals surface area contributed by atoms with Crippen molar-refractivity contribution in [2.24, 2.45) is 10.8 Å². The number of carbonyl (C=O) groups is 3. The highest BCUT2D eigenvalue weighted by Gasteiger charge is 2.66. The molecule has 0 aromatic heterocycles. The van der Waals surface area contributed by atoms with Gasteiger partial charge < -0.3 is 24.9 Å². The Hall–Kier alpha value is -2.77. The Balaban J connectivity index is 1.53. The number of carbonyl (C=O) groups excluding carboxylic acids is 3. The maximum atomic E-state index is 13.5. The SMILES string of the molecule is CCN1CCC2(CN(C(=O)N(C)C)CC23CCN(C(=O)Nc2ccccc2)CC3)C1=O. The molecule has 0 radical (unpaired) electrons. The second-order valence-electron chi connectivity index (χ2n) is 9.31. The van der Waals surface area contributed by atoms with Crippen LogP contribution in [0.25, 0.3) is 0 Å². The number of urea groups is 2. The monoisotopic (exact) mass is 427 g/mol. The van der Waals surface area contributed by atoms with Gasteiger partial charge in [-0.1, -0.05) is 18.2 Å². The molecule has 1 aromatic rings. The zero-order chi connectivity index (χ0) is 22.2. The van der Waals surface area contributed by atoms with Gasteiger partial charge >= 0.3 is 12.1 Å². The number of rotatable bonds is 2. The van der Waals surface area contributed by atoms with Gasteiger partial charge in [0.05, 0.1) is 5.41 Å². The van der Waals surface area contributed by atoms with Crippen LogP contribution in [-0.2, 0) is 4.79 Å². The van der Waals surface area contributed by atoms with Gasteiger partial charge in [0.15, 0.2) is 0 Å². The normalized spacial score (nSPS) is 24.9. The zero-order valence-corrected chi connectivity index (χ0v) is 18.8. The number of nitrogens with one attached hydrogen (secondary N) is 1. The molecule has 8 heteroatoms. The van der Waals surface area contributed by atoms with E-state index < -0.39 is 5.41 Å². The Bertz CT molecular complexity index is 850. The lowest BCUT2D eigenvalue weighted by Crippen LogP contribution is -2.54. The lowest BCUT2D eigenvalue weighted by atomic mass is 9.60. The largest absolute Gasteiger partial charge is 0.342 e. The van der Waals surface area contributed by atoms with Crippen LogP contribution >= 0.6 is 0 Å². The number of hydrogen-bond donors (Lipinski definition) is 1. The zero-order valence-electron chi connectivity index (χ0n) is 18.8. The number of hydrogen-bond acceptors (Lipinski definition) is 3. The first kappa shape index (κ1) is 21.5. The van der Waals surface area contributed by atoms with Crippen molar-refractivity contribution in [2.75, 3.05) is 58.7 Å². The molecule has 3 aliphatic rings. The molecule has 1 atom stereocenters. The molecule has 3 saturated heterocycles. The number of likely N-dealkylation sites (tertiary alicyclic amines) is 3. The Morgan fingerprint density at radius 2 is 1.68 bits per heavy atom. The predicted molar refractivity (Wildman–Crippen MR) is 119 cm³/mol. The van der Waals surface area contributed by atoms with E-state index in [1.807, 2.05) is 52.0 Å². The van der Waals surface area contributed by atoms with Crippen molar-refractivity contribution in [3.05, 3.63) is 30.3 Å². The van der Waals surface area contributed by atoms with Crippen LogP contribution in [0.4, 0.5) is 15.3 Å². The average Bonchev–Trinajstić information content (AvgIpc) is 3.26. The summed E-state index contributed by atoms with van der Waals surface area (Å²) in [4.78, 5) is 46.3. The lowest BCUT2D eigenvalue weighted by molar-refractivity contribution is -0.141. The number of nitrogens with zero attached hydrogens (tertiary/aromatic N) is 4. The Morgan fingerprint density at radius 3 is 2.26 bits per heavy atom. The van der Waals surface area contributed by atoms with Gasteiger partial charge in [0, 0.05) is 64.5 Å². The highest BCUT2D eigenvalue weighted by molar-refractivity contribution is 5.90. The molecule has 0 aliphatic carbocycles. The molecule has 0 saturated carbocycles. The summed E-state index contributed by atoms with van der Waals surface area (Å²) in [6.07, 6.45) is 2.25. The molecule has 3 heterocycles. The molecule has 3 aliphatic heterocycles. The van der Waals surface area contributed by atoms with E-state index in [2.05, 4.69) is 5.32 Å². The molecular formula is C23H33N5O3. The second kappa shape index (κ2) is 8.05. The van der Waals surface area contributed by atoms with Gasteiger partial charge in [-0.3, -0.25) is 4.79 Å². The van der Waals surface area contributed by atoms with Crippen molar-refractivity contribution in [1.82, 2.24) is 19.6 Å². The first-order valence-corrected chi connectivity index (χ1v) is 11.2. The van der Waals surface area contributed by atoms with E-state index in [0.717, 1.165) is 31.5 Å². The van der Waals surface area contributed by atoms with Crippen LogP contribution < -0.4 is 5.32 Å². The van der Waals surface area contributed by atoms with Gasteiger partial charge in [0.1, 0.15) is 0 Å². The maximum absolute atomic E-state index is 13.5. The van der Waals surface area contributed by atoms with Crippen molar-refractivity contribution in [3.63, 3.8) is 0 Å². The third kappa shape index (κ3) is 3.51. The number of amides is 5. The summed E-state index contributed by atoms with van der Waals surface area (Å²) in [5.41, 5.74) is -0.0303. The van der Waals surface area contributed by atoms with Crippen LogP contribution in [0.1, 0.15) is 26.2 Å². The minimum atomic E-state index is -0.531. The summed E-state index contributed by atoms with van der Waals surface area (Å²) in [7, 11) is 3.51. The van der Waals surface area contributed by atoms with Gasteiger partial charge in [-0.15, -0.1) is 0 Å². The van der Waals surface area contributed by atoms with Gasteiger partial charge in [0.2, 0.25) is 5.91 Å². The van der Waals surface area contributed by atoms with Crippen LogP contribution in [0.3, 0.4) is 0 Å². The van der Waals surface area contributed by atoms with E-state index in [9.17, 15) is 14.4 Å². The van der Waals surface area contributed by atoms with Crippen molar-refractivity contribution in [1.29, 1.82) is 0 Å². The molecule has 168 valence electrons. The van der Waals surface area contributed by atoms with Crippen LogP contribution in [0.2, 0.25) is 0 Å². The van der Waals surface area contributed by atoms with E-state index in [1.165, 1.54) is 0 Å². The molecule has 1 N–H and O–H groups in total. The summed E-state index contributed by atoms with van der Waals surface area (Å²) >= 11 is 0. The molecule has 2 spiro atoms. The molecule has 3 fully saturated rings. The predicted octanol–water partition coefficient (Wildman–Crippen LogP) is 2.54. The average molecular weight is 428 g/mol. The van der Waals surface area contributed by atoms with Crippen LogP contribution in [0.15, 0.2) is 30.3 Å². The highest BCUT2D eigenvalue weighted by atomic mass is 16.2. The number of anilines is 1. The summed E-state index contributed by atoms with van der Waals surface area (Å²) in [6, 6.07) is 9.30. The fourth-order valence-electron chi connectivity index (χ4n) is 5.76. The summed E-state index contributed by atoms with van der Waals surface area (Å²) in [5, 5.41) is 2.96. The Morgan fingerprint density at radius 1 is 1.00 bits per heavy atom. The lowest BCUT2D eigenvalue weighted by Gasteiger charge is -2.46. The molecular weight excluding hydrogens is 394 g/mol. The Kier molecular flexibility index (Phi) is 5.58. The Labute approximate surface area is 184 Å². The van der Waals surface area contributed by atoms with Gasteiger partial charge in [0.25, 0.3) is 0 Å². The van der Waals surface area contributed by atoms with E-state index in [0.29, 0.717) is 32.7 Å². The summed E-state index contributed by atoms with van der Waals surface area (Å²) in [5.74, 6) is 0.186. The van der Waals surface area contributed by atoms with E-state index in [1.54, 1.807) is 19.0 Å². The van der Waals surface area contributed by atoms with E-state index in [-0.39, 0.29) is 23.4 Å². The van der Waals surface area contributed by atoms with E-state index >= 15 is 0 Å². The highest BCUT2D eigenvalue weighted by Crippen LogP contribution is 2.58. The topological polar surface area (TPSA) is 76.2 Å². The molecule has 1 aromatic carbocycles. The van der Waals surface area contributed by atoms with Gasteiger partial charge in [-0.25, -0.2) is 9.59 Å². The van der Waals surface area contributed by atoms with Crippen LogP contribution in [0, 0.1) is 10.8 Å².